The van der Waals surface area contributed by atoms with Crippen LogP contribution in [0.4, 0.5) is 0 Å². The number of carbonyl (C=O) groups excluding carboxylic acids is 1. The molecule has 0 unspecified atom stereocenters. The first-order valence-corrected chi connectivity index (χ1v) is 11.1. The molecule has 6 heteroatoms. The molecule has 0 spiro atoms. The van der Waals surface area contributed by atoms with Crippen molar-refractivity contribution < 1.29 is 9.69 Å². The maximum Gasteiger partial charge on any atom is 0.242 e. The minimum absolute atomic E-state index is 0.185. The molecule has 2 fully saturated rings. The van der Waals surface area contributed by atoms with Crippen LogP contribution in [-0.4, -0.2) is 66.6 Å². The van der Waals surface area contributed by atoms with E-state index in [-0.39, 0.29) is 5.91 Å². The molecule has 1 amide bonds. The van der Waals surface area contributed by atoms with E-state index in [9.17, 15) is 4.79 Å². The van der Waals surface area contributed by atoms with Crippen LogP contribution in [0.2, 0.25) is 0 Å². The number of piperazine rings is 1. The van der Waals surface area contributed by atoms with Gasteiger partial charge in [-0.05, 0) is 32.0 Å². The number of hydrogen-bond donors (Lipinski definition) is 2. The van der Waals surface area contributed by atoms with Crippen LogP contribution in [-0.2, 0) is 11.3 Å². The summed E-state index contributed by atoms with van der Waals surface area (Å²) in [6.07, 6.45) is 6.26. The van der Waals surface area contributed by atoms with Gasteiger partial charge in [0.1, 0.15) is 6.54 Å². The van der Waals surface area contributed by atoms with Crippen LogP contribution in [0.3, 0.4) is 0 Å². The lowest BCUT2D eigenvalue weighted by atomic mass is 9.96. The lowest BCUT2D eigenvalue weighted by Gasteiger charge is -2.34. The number of quaternary nitrogens is 1. The zero-order valence-electron chi connectivity index (χ0n) is 17.4. The first-order chi connectivity index (χ1) is 13.5. The van der Waals surface area contributed by atoms with Crippen molar-refractivity contribution in [3.05, 3.63) is 35.4 Å². The topological polar surface area (TPSA) is 40.0 Å². The van der Waals surface area contributed by atoms with Gasteiger partial charge >= 0.3 is 0 Å². The second-order valence-electron chi connectivity index (χ2n) is 8.44. The standard InChI is InChI=1S/C22H34N4OS/c1-18-7-6-8-19(15-18)16-25-11-13-26(14-12-25)21(27)17-24(2)22(28)23-20-9-4-3-5-10-20/h6-8,15,20H,3-5,9-14,16-17H2,1-2H3,(H,23,28)/p+1. The number of hydrogen-bond acceptors (Lipinski definition) is 2. The molecule has 1 aliphatic heterocycles. The molecule has 1 heterocycles. The third kappa shape index (κ3) is 6.17. The average Bonchev–Trinajstić information content (AvgIpc) is 2.69. The van der Waals surface area contributed by atoms with Crippen molar-refractivity contribution in [2.45, 2.75) is 51.6 Å². The number of likely N-dealkylation sites (N-methyl/N-ethyl adjacent to an activating group) is 1. The van der Waals surface area contributed by atoms with E-state index in [4.69, 9.17) is 12.2 Å². The van der Waals surface area contributed by atoms with Gasteiger partial charge in [0, 0.05) is 18.7 Å². The van der Waals surface area contributed by atoms with Crippen LogP contribution < -0.4 is 10.2 Å². The highest BCUT2D eigenvalue weighted by atomic mass is 32.1. The molecule has 0 atom stereocenters. The van der Waals surface area contributed by atoms with E-state index >= 15 is 0 Å². The molecule has 1 saturated carbocycles. The van der Waals surface area contributed by atoms with Crippen LogP contribution >= 0.6 is 12.2 Å². The summed E-state index contributed by atoms with van der Waals surface area (Å²) in [5.41, 5.74) is 2.69. The van der Waals surface area contributed by atoms with Gasteiger partial charge in [-0.25, -0.2) is 0 Å². The summed E-state index contributed by atoms with van der Waals surface area (Å²) in [6, 6.07) is 9.21. The molecule has 1 saturated heterocycles. The normalized spacial score (nSPS) is 18.7. The summed E-state index contributed by atoms with van der Waals surface area (Å²) in [6.45, 7) is 7.22. The van der Waals surface area contributed by atoms with Crippen LogP contribution in [0.15, 0.2) is 24.3 Å². The molecular formula is C22H35N4OS+. The van der Waals surface area contributed by atoms with Gasteiger partial charge in [0.15, 0.2) is 5.11 Å². The molecule has 0 bridgehead atoms. The Bertz CT molecular complexity index is 666. The molecule has 1 aromatic rings. The van der Waals surface area contributed by atoms with Crippen molar-refractivity contribution in [3.63, 3.8) is 0 Å². The van der Waals surface area contributed by atoms with Crippen molar-refractivity contribution in [2.75, 3.05) is 39.8 Å². The molecule has 28 heavy (non-hydrogen) atoms. The molecule has 154 valence electrons. The molecule has 2 aliphatic rings. The van der Waals surface area contributed by atoms with Crippen molar-refractivity contribution in [2.24, 2.45) is 0 Å². The minimum atomic E-state index is 0.185. The second-order valence-corrected chi connectivity index (χ2v) is 8.82. The van der Waals surface area contributed by atoms with E-state index < -0.39 is 0 Å². The van der Waals surface area contributed by atoms with Gasteiger partial charge in [-0.1, -0.05) is 49.1 Å². The second kappa shape index (κ2) is 10.2. The Morgan fingerprint density at radius 3 is 2.64 bits per heavy atom. The van der Waals surface area contributed by atoms with Crippen molar-refractivity contribution in [1.29, 1.82) is 0 Å². The van der Waals surface area contributed by atoms with Crippen LogP contribution in [0.1, 0.15) is 43.2 Å². The molecule has 2 N–H and O–H groups in total. The number of benzene rings is 1. The SMILES string of the molecule is Cc1cccc(C[NH+]2CCN(C(=O)CN(C)C(=S)NC3CCCCC3)CC2)c1. The number of nitrogens with one attached hydrogen (secondary N) is 2. The van der Waals surface area contributed by atoms with Gasteiger partial charge in [-0.2, -0.15) is 0 Å². The average molecular weight is 404 g/mol. The zero-order chi connectivity index (χ0) is 19.9. The molecule has 3 rings (SSSR count). The van der Waals surface area contributed by atoms with Gasteiger partial charge < -0.3 is 20.0 Å². The van der Waals surface area contributed by atoms with Crippen LogP contribution in [0, 0.1) is 6.92 Å². The van der Waals surface area contributed by atoms with E-state index in [0.29, 0.717) is 17.7 Å². The highest BCUT2D eigenvalue weighted by Gasteiger charge is 2.25. The highest BCUT2D eigenvalue weighted by Crippen LogP contribution is 2.17. The monoisotopic (exact) mass is 403 g/mol. The summed E-state index contributed by atoms with van der Waals surface area (Å²) in [4.78, 5) is 18.2. The lowest BCUT2D eigenvalue weighted by Crippen LogP contribution is -3.13. The first-order valence-electron chi connectivity index (χ1n) is 10.7. The van der Waals surface area contributed by atoms with E-state index in [1.165, 1.54) is 43.2 Å². The van der Waals surface area contributed by atoms with E-state index in [0.717, 1.165) is 32.7 Å². The lowest BCUT2D eigenvalue weighted by molar-refractivity contribution is -0.917. The van der Waals surface area contributed by atoms with Gasteiger partial charge in [0.2, 0.25) is 5.91 Å². The Morgan fingerprint density at radius 2 is 1.96 bits per heavy atom. The van der Waals surface area contributed by atoms with Crippen LogP contribution in [0.25, 0.3) is 0 Å². The maximum absolute atomic E-state index is 12.7. The van der Waals surface area contributed by atoms with Gasteiger partial charge in [-0.15, -0.1) is 0 Å². The van der Waals surface area contributed by atoms with Gasteiger partial charge in [-0.3, -0.25) is 4.79 Å². The Labute approximate surface area is 175 Å². The molecule has 0 radical (unpaired) electrons. The Kier molecular flexibility index (Phi) is 7.68. The van der Waals surface area contributed by atoms with Crippen molar-refractivity contribution >= 4 is 23.2 Å². The fourth-order valence-corrected chi connectivity index (χ4v) is 4.50. The fourth-order valence-electron chi connectivity index (χ4n) is 4.27. The van der Waals surface area contributed by atoms with E-state index in [1.54, 1.807) is 4.90 Å². The molecular weight excluding hydrogens is 368 g/mol. The predicted octanol–water partition coefficient (Wildman–Crippen LogP) is 1.36. The molecule has 1 aromatic carbocycles. The summed E-state index contributed by atoms with van der Waals surface area (Å²) in [7, 11) is 1.93. The first kappa shape index (κ1) is 21.1. The number of nitrogens with zero attached hydrogens (tertiary/aromatic N) is 2. The minimum Gasteiger partial charge on any atom is -0.360 e. The number of aryl methyl sites for hydroxylation is 1. The fraction of sp³-hybridized carbons (Fsp3) is 0.636. The summed E-state index contributed by atoms with van der Waals surface area (Å²) in [5.74, 6) is 0.185. The van der Waals surface area contributed by atoms with Crippen LogP contribution in [0.5, 0.6) is 0 Å². The summed E-state index contributed by atoms with van der Waals surface area (Å²) in [5, 5.41) is 4.16. The quantitative estimate of drug-likeness (QED) is 0.729. The van der Waals surface area contributed by atoms with E-state index in [1.807, 2.05) is 16.8 Å². The molecule has 0 aromatic heterocycles. The Hall–Kier alpha value is -1.66. The molecule has 5 nitrogen and oxygen atoms in total. The smallest absolute Gasteiger partial charge is 0.242 e. The van der Waals surface area contributed by atoms with E-state index in [2.05, 4.69) is 36.5 Å². The van der Waals surface area contributed by atoms with Crippen molar-refractivity contribution in [3.8, 4) is 0 Å². The number of thiocarbonyl (C=S) groups is 1. The number of rotatable bonds is 5. The highest BCUT2D eigenvalue weighted by molar-refractivity contribution is 7.80. The summed E-state index contributed by atoms with van der Waals surface area (Å²) >= 11 is 5.52. The zero-order valence-corrected chi connectivity index (χ0v) is 18.2. The Morgan fingerprint density at radius 1 is 1.25 bits per heavy atom. The third-order valence-corrected chi connectivity index (χ3v) is 6.44. The summed E-state index contributed by atoms with van der Waals surface area (Å²) < 4.78 is 0. The van der Waals surface area contributed by atoms with Gasteiger partial charge in [0.05, 0.1) is 32.7 Å². The predicted molar refractivity (Wildman–Crippen MR) is 117 cm³/mol. The number of amides is 1. The Balaban J connectivity index is 1.39. The number of carbonyl (C=O) groups is 1. The largest absolute Gasteiger partial charge is 0.360 e. The van der Waals surface area contributed by atoms with Gasteiger partial charge in [0.25, 0.3) is 0 Å². The van der Waals surface area contributed by atoms with Crippen molar-refractivity contribution in [1.82, 2.24) is 15.1 Å². The molecule has 1 aliphatic carbocycles. The third-order valence-electron chi connectivity index (χ3n) is 6.01. The maximum atomic E-state index is 12.7.